The molecule has 3 aromatic carbocycles. The minimum Gasteiger partial charge on any atom is -0.397 e. The molecule has 0 unspecified atom stereocenters. The highest BCUT2D eigenvalue weighted by Gasteiger charge is 2.17. The lowest BCUT2D eigenvalue weighted by molar-refractivity contribution is 0.109. The van der Waals surface area contributed by atoms with Crippen molar-refractivity contribution in [1.29, 1.82) is 0 Å². The number of nitrogens with zero attached hydrogens (tertiary/aromatic N) is 3. The van der Waals surface area contributed by atoms with Crippen molar-refractivity contribution in [2.24, 2.45) is 11.6 Å². The SMILES string of the molecule is N/C(=C\N(N)CC(F)F)c1cccc(Cl)c1-c1ccc2c(=O)n(-c3cncc4ccccc34)c(=O)[nH]c2c1. The number of pyridine rings is 1. The predicted octanol–water partition coefficient (Wildman–Crippen LogP) is 4.25. The van der Waals surface area contributed by atoms with Crippen LogP contribution in [0.1, 0.15) is 5.56 Å². The minimum absolute atomic E-state index is 0.109. The van der Waals surface area contributed by atoms with Gasteiger partial charge in [-0.2, -0.15) is 0 Å². The van der Waals surface area contributed by atoms with Crippen molar-refractivity contribution in [3.8, 4) is 16.8 Å². The van der Waals surface area contributed by atoms with E-state index in [1.807, 2.05) is 24.3 Å². The van der Waals surface area contributed by atoms with Crippen molar-refractivity contribution in [2.45, 2.75) is 6.43 Å². The molecule has 0 saturated heterocycles. The second kappa shape index (κ2) is 10.1. The molecule has 8 nitrogen and oxygen atoms in total. The van der Waals surface area contributed by atoms with E-state index in [1.54, 1.807) is 42.6 Å². The van der Waals surface area contributed by atoms with Crippen LogP contribution in [0.4, 0.5) is 8.78 Å². The second-order valence-electron chi connectivity index (χ2n) is 8.55. The largest absolute Gasteiger partial charge is 0.397 e. The summed E-state index contributed by atoms with van der Waals surface area (Å²) in [5, 5.41) is 2.88. The molecule has 0 radical (unpaired) electrons. The molecule has 38 heavy (non-hydrogen) atoms. The first-order valence-corrected chi connectivity index (χ1v) is 11.8. The Morgan fingerprint density at radius 2 is 1.87 bits per heavy atom. The average molecular weight is 535 g/mol. The maximum atomic E-state index is 13.5. The van der Waals surface area contributed by atoms with Crippen LogP contribution in [0.25, 0.3) is 44.2 Å². The first-order valence-electron chi connectivity index (χ1n) is 11.4. The van der Waals surface area contributed by atoms with Gasteiger partial charge in [-0.05, 0) is 23.8 Å². The van der Waals surface area contributed by atoms with Crippen LogP contribution in [0.5, 0.6) is 0 Å². The highest BCUT2D eigenvalue weighted by Crippen LogP contribution is 2.35. The Labute approximate surface area is 219 Å². The van der Waals surface area contributed by atoms with Crippen LogP contribution in [0.15, 0.2) is 88.8 Å². The number of hydrazine groups is 1. The molecule has 0 spiro atoms. The second-order valence-corrected chi connectivity index (χ2v) is 8.95. The Morgan fingerprint density at radius 3 is 2.66 bits per heavy atom. The van der Waals surface area contributed by atoms with Crippen LogP contribution in [-0.4, -0.2) is 32.5 Å². The Kier molecular flexibility index (Phi) is 6.66. The van der Waals surface area contributed by atoms with Crippen LogP contribution < -0.4 is 22.8 Å². The van der Waals surface area contributed by atoms with Crippen molar-refractivity contribution in [2.75, 3.05) is 6.54 Å². The van der Waals surface area contributed by atoms with Gasteiger partial charge in [0.05, 0.1) is 35.0 Å². The molecule has 0 aliphatic carbocycles. The number of nitrogens with one attached hydrogen (secondary N) is 1. The molecule has 0 aliphatic rings. The fourth-order valence-corrected chi connectivity index (χ4v) is 4.67. The van der Waals surface area contributed by atoms with Gasteiger partial charge in [-0.3, -0.25) is 9.78 Å². The number of alkyl halides is 2. The molecule has 11 heteroatoms. The van der Waals surface area contributed by atoms with Gasteiger partial charge in [-0.15, -0.1) is 0 Å². The third-order valence-electron chi connectivity index (χ3n) is 6.05. The molecule has 0 amide bonds. The summed E-state index contributed by atoms with van der Waals surface area (Å²) in [5.74, 6) is 5.63. The molecule has 5 aromatic rings. The van der Waals surface area contributed by atoms with Gasteiger partial charge in [0.2, 0.25) is 0 Å². The van der Waals surface area contributed by atoms with Gasteiger partial charge in [0.25, 0.3) is 12.0 Å². The molecule has 0 atom stereocenters. The van der Waals surface area contributed by atoms with Gasteiger partial charge in [0, 0.05) is 39.3 Å². The number of aromatic nitrogens is 3. The number of benzene rings is 3. The zero-order chi connectivity index (χ0) is 27.0. The maximum absolute atomic E-state index is 13.5. The average Bonchev–Trinajstić information content (AvgIpc) is 2.87. The van der Waals surface area contributed by atoms with Gasteiger partial charge in [0.15, 0.2) is 0 Å². The molecule has 0 bridgehead atoms. The smallest absolute Gasteiger partial charge is 0.333 e. The van der Waals surface area contributed by atoms with Crippen molar-refractivity contribution >= 4 is 39.0 Å². The number of aromatic amines is 1. The van der Waals surface area contributed by atoms with Gasteiger partial charge in [0.1, 0.15) is 0 Å². The minimum atomic E-state index is -2.64. The molecule has 5 rings (SSSR count). The zero-order valence-corrected chi connectivity index (χ0v) is 20.5. The van der Waals surface area contributed by atoms with E-state index in [0.29, 0.717) is 32.8 Å². The van der Waals surface area contributed by atoms with Gasteiger partial charge in [-0.25, -0.2) is 24.0 Å². The summed E-state index contributed by atoms with van der Waals surface area (Å²) in [7, 11) is 0. The van der Waals surface area contributed by atoms with Crippen LogP contribution in [0.2, 0.25) is 5.02 Å². The maximum Gasteiger partial charge on any atom is 0.333 e. The summed E-state index contributed by atoms with van der Waals surface area (Å²) in [6.07, 6.45) is 1.68. The molecule has 0 aliphatic heterocycles. The lowest BCUT2D eigenvalue weighted by Gasteiger charge is -2.17. The summed E-state index contributed by atoms with van der Waals surface area (Å²) >= 11 is 6.51. The van der Waals surface area contributed by atoms with Crippen LogP contribution in [0, 0.1) is 0 Å². The van der Waals surface area contributed by atoms with Gasteiger partial charge >= 0.3 is 5.69 Å². The summed E-state index contributed by atoms with van der Waals surface area (Å²) in [5.41, 5.74) is 7.27. The van der Waals surface area contributed by atoms with Crippen molar-refractivity contribution in [3.05, 3.63) is 111 Å². The third-order valence-corrected chi connectivity index (χ3v) is 6.37. The molecule has 2 aromatic heterocycles. The molecule has 0 saturated carbocycles. The molecule has 5 N–H and O–H groups in total. The Bertz CT molecular complexity index is 1830. The lowest BCUT2D eigenvalue weighted by Crippen LogP contribution is -2.33. The highest BCUT2D eigenvalue weighted by molar-refractivity contribution is 6.33. The number of hydrogen-bond donors (Lipinski definition) is 3. The van der Waals surface area contributed by atoms with E-state index < -0.39 is 24.2 Å². The van der Waals surface area contributed by atoms with E-state index in [0.717, 1.165) is 15.0 Å². The number of halogens is 3. The highest BCUT2D eigenvalue weighted by atomic mass is 35.5. The number of fused-ring (bicyclic) bond motifs is 2. The lowest BCUT2D eigenvalue weighted by atomic mass is 9.97. The summed E-state index contributed by atoms with van der Waals surface area (Å²) < 4.78 is 26.5. The summed E-state index contributed by atoms with van der Waals surface area (Å²) in [6.45, 7) is -0.702. The van der Waals surface area contributed by atoms with E-state index in [-0.39, 0.29) is 16.6 Å². The Morgan fingerprint density at radius 1 is 1.08 bits per heavy atom. The fourth-order valence-electron chi connectivity index (χ4n) is 4.39. The van der Waals surface area contributed by atoms with E-state index in [1.165, 1.54) is 12.4 Å². The van der Waals surface area contributed by atoms with E-state index in [9.17, 15) is 18.4 Å². The number of nitrogens with two attached hydrogens (primary N) is 2. The van der Waals surface area contributed by atoms with Crippen LogP contribution >= 0.6 is 11.6 Å². The van der Waals surface area contributed by atoms with Crippen LogP contribution in [0.3, 0.4) is 0 Å². The Hall–Kier alpha value is -4.54. The zero-order valence-electron chi connectivity index (χ0n) is 19.7. The van der Waals surface area contributed by atoms with Crippen molar-refractivity contribution in [3.63, 3.8) is 0 Å². The molecule has 192 valence electrons. The summed E-state index contributed by atoms with van der Waals surface area (Å²) in [6, 6.07) is 17.2. The molecule has 0 fully saturated rings. The fraction of sp³-hybridized carbons (Fsp3) is 0.0741. The summed E-state index contributed by atoms with van der Waals surface area (Å²) in [4.78, 5) is 33.6. The van der Waals surface area contributed by atoms with Gasteiger partial charge in [-0.1, -0.05) is 54.1 Å². The normalized spacial score (nSPS) is 12.0. The van der Waals surface area contributed by atoms with E-state index in [2.05, 4.69) is 9.97 Å². The number of rotatable bonds is 6. The molecular formula is C27H21ClF2N6O2. The first kappa shape index (κ1) is 25.1. The van der Waals surface area contributed by atoms with Crippen LogP contribution in [-0.2, 0) is 0 Å². The Balaban J connectivity index is 1.65. The topological polar surface area (TPSA) is 123 Å². The molecule has 2 heterocycles. The monoisotopic (exact) mass is 534 g/mol. The van der Waals surface area contributed by atoms with Crippen molar-refractivity contribution in [1.82, 2.24) is 19.5 Å². The van der Waals surface area contributed by atoms with Gasteiger partial charge < -0.3 is 15.7 Å². The first-order chi connectivity index (χ1) is 18.2. The number of H-pyrrole nitrogens is 1. The van der Waals surface area contributed by atoms with E-state index >= 15 is 0 Å². The van der Waals surface area contributed by atoms with Crippen molar-refractivity contribution < 1.29 is 8.78 Å². The predicted molar refractivity (Wildman–Crippen MR) is 145 cm³/mol. The number of hydrogen-bond acceptors (Lipinski definition) is 6. The quantitative estimate of drug-likeness (QED) is 0.221. The molecular weight excluding hydrogens is 514 g/mol. The standard InChI is InChI=1S/C27H21ClF2N6O2/c28-20-7-3-6-18(21(31)13-35(32)14-24(29)30)25(20)15-8-9-19-22(10-15)34-27(38)36(26(19)37)23-12-33-11-16-4-1-2-5-17(16)23/h1-13,24H,14,31-32H2,(H,34,38)/b21-13-. The third kappa shape index (κ3) is 4.62. The van der Waals surface area contributed by atoms with E-state index in [4.69, 9.17) is 23.2 Å².